The van der Waals surface area contributed by atoms with E-state index in [2.05, 4.69) is 53.1 Å². The number of hydrogen-bond acceptors (Lipinski definition) is 2. The first-order valence-electron chi connectivity index (χ1n) is 6.51. The molecule has 3 rings (SSSR count). The summed E-state index contributed by atoms with van der Waals surface area (Å²) in [6.45, 7) is 1.34. The molecule has 1 unspecified atom stereocenters. The van der Waals surface area contributed by atoms with Crippen LogP contribution in [0.2, 0.25) is 0 Å². The number of methoxy groups -OCH3 is 1. The Kier molecular flexibility index (Phi) is 3.23. The van der Waals surface area contributed by atoms with Crippen LogP contribution in [0.5, 0.6) is 0 Å². The van der Waals surface area contributed by atoms with E-state index >= 15 is 0 Å². The molecule has 1 heterocycles. The summed E-state index contributed by atoms with van der Waals surface area (Å²) in [5, 5.41) is 2.56. The van der Waals surface area contributed by atoms with Crippen LogP contribution in [0.3, 0.4) is 0 Å². The molecule has 0 spiro atoms. The number of nitrogens with zero attached hydrogens (tertiary/aromatic N) is 1. The lowest BCUT2D eigenvalue weighted by Gasteiger charge is -2.13. The van der Waals surface area contributed by atoms with Gasteiger partial charge in [0.25, 0.3) is 0 Å². The van der Waals surface area contributed by atoms with Gasteiger partial charge in [-0.25, -0.2) is 0 Å². The second kappa shape index (κ2) is 5.03. The maximum atomic E-state index is 6.11. The second-order valence-electron chi connectivity index (χ2n) is 4.86. The number of nitrogens with two attached hydrogens (primary N) is 1. The van der Waals surface area contributed by atoms with Crippen LogP contribution in [-0.2, 0) is 11.3 Å². The summed E-state index contributed by atoms with van der Waals surface area (Å²) in [6.07, 6.45) is 0. The van der Waals surface area contributed by atoms with Gasteiger partial charge in [-0.1, -0.05) is 36.4 Å². The van der Waals surface area contributed by atoms with Gasteiger partial charge < -0.3 is 15.0 Å². The molecule has 1 aromatic heterocycles. The highest BCUT2D eigenvalue weighted by Gasteiger charge is 2.11. The van der Waals surface area contributed by atoms with Crippen molar-refractivity contribution in [3.63, 3.8) is 0 Å². The van der Waals surface area contributed by atoms with Gasteiger partial charge in [-0.2, -0.15) is 0 Å². The summed E-state index contributed by atoms with van der Waals surface area (Å²) in [7, 11) is 1.69. The van der Waals surface area contributed by atoms with E-state index in [4.69, 9.17) is 10.5 Å². The number of para-hydroxylation sites is 2. The van der Waals surface area contributed by atoms with E-state index in [0.29, 0.717) is 6.61 Å². The number of benzene rings is 2. The topological polar surface area (TPSA) is 40.2 Å². The van der Waals surface area contributed by atoms with E-state index in [1.807, 2.05) is 0 Å². The Hall–Kier alpha value is -1.84. The monoisotopic (exact) mass is 254 g/mol. The van der Waals surface area contributed by atoms with E-state index in [9.17, 15) is 0 Å². The van der Waals surface area contributed by atoms with Crippen LogP contribution in [0.25, 0.3) is 21.8 Å². The lowest BCUT2D eigenvalue weighted by molar-refractivity contribution is 0.174. The molecule has 0 aliphatic rings. The molecule has 3 nitrogen and oxygen atoms in total. The Bertz CT molecular complexity index is 649. The summed E-state index contributed by atoms with van der Waals surface area (Å²) in [6, 6.07) is 16.9. The lowest BCUT2D eigenvalue weighted by Crippen LogP contribution is -2.30. The van der Waals surface area contributed by atoms with Crippen molar-refractivity contribution < 1.29 is 4.74 Å². The molecule has 0 saturated heterocycles. The van der Waals surface area contributed by atoms with Gasteiger partial charge >= 0.3 is 0 Å². The quantitative estimate of drug-likeness (QED) is 0.777. The molecule has 2 N–H and O–H groups in total. The smallest absolute Gasteiger partial charge is 0.0631 e. The normalized spacial score (nSPS) is 13.2. The zero-order valence-electron chi connectivity index (χ0n) is 11.0. The van der Waals surface area contributed by atoms with Gasteiger partial charge in [-0.15, -0.1) is 0 Å². The van der Waals surface area contributed by atoms with Gasteiger partial charge in [0.2, 0.25) is 0 Å². The van der Waals surface area contributed by atoms with Crippen LogP contribution < -0.4 is 5.73 Å². The summed E-state index contributed by atoms with van der Waals surface area (Å²) in [5.41, 5.74) is 8.58. The molecular weight excluding hydrogens is 236 g/mol. The van der Waals surface area contributed by atoms with Crippen molar-refractivity contribution in [2.24, 2.45) is 5.73 Å². The minimum atomic E-state index is 0.00390. The maximum Gasteiger partial charge on any atom is 0.0631 e. The highest BCUT2D eigenvalue weighted by Crippen LogP contribution is 2.28. The highest BCUT2D eigenvalue weighted by molar-refractivity contribution is 6.07. The fourth-order valence-electron chi connectivity index (χ4n) is 2.70. The minimum Gasteiger partial charge on any atom is -0.383 e. The second-order valence-corrected chi connectivity index (χ2v) is 4.86. The van der Waals surface area contributed by atoms with Crippen LogP contribution in [0.1, 0.15) is 0 Å². The van der Waals surface area contributed by atoms with Gasteiger partial charge in [0.15, 0.2) is 0 Å². The Morgan fingerprint density at radius 3 is 2.05 bits per heavy atom. The fourth-order valence-corrected chi connectivity index (χ4v) is 2.70. The SMILES string of the molecule is COCC(N)Cn1c2ccccc2c2ccccc21. The Morgan fingerprint density at radius 1 is 1.00 bits per heavy atom. The van der Waals surface area contributed by atoms with E-state index in [-0.39, 0.29) is 6.04 Å². The average Bonchev–Trinajstić information content (AvgIpc) is 2.75. The van der Waals surface area contributed by atoms with E-state index in [1.54, 1.807) is 7.11 Å². The molecule has 0 amide bonds. The molecule has 0 bridgehead atoms. The average molecular weight is 254 g/mol. The van der Waals surface area contributed by atoms with Crippen molar-refractivity contribution >= 4 is 21.8 Å². The van der Waals surface area contributed by atoms with Crippen molar-refractivity contribution in [1.82, 2.24) is 4.57 Å². The van der Waals surface area contributed by atoms with Crippen LogP contribution in [0.15, 0.2) is 48.5 Å². The number of hydrogen-bond donors (Lipinski definition) is 1. The molecular formula is C16H18N2O. The molecule has 0 aliphatic carbocycles. The zero-order chi connectivity index (χ0) is 13.2. The fraction of sp³-hybridized carbons (Fsp3) is 0.250. The van der Waals surface area contributed by atoms with Gasteiger partial charge in [-0.05, 0) is 12.1 Å². The molecule has 1 atom stereocenters. The molecule has 2 aromatic carbocycles. The molecule has 0 fully saturated rings. The molecule has 19 heavy (non-hydrogen) atoms. The number of ether oxygens (including phenoxy) is 1. The highest BCUT2D eigenvalue weighted by atomic mass is 16.5. The summed E-state index contributed by atoms with van der Waals surface area (Å²) in [5.74, 6) is 0. The van der Waals surface area contributed by atoms with Crippen LogP contribution in [-0.4, -0.2) is 24.3 Å². The zero-order valence-corrected chi connectivity index (χ0v) is 11.0. The first-order chi connectivity index (χ1) is 9.31. The van der Waals surface area contributed by atoms with Crippen LogP contribution in [0, 0.1) is 0 Å². The summed E-state index contributed by atoms with van der Waals surface area (Å²) in [4.78, 5) is 0. The summed E-state index contributed by atoms with van der Waals surface area (Å²) >= 11 is 0. The molecule has 3 heteroatoms. The molecule has 98 valence electrons. The van der Waals surface area contributed by atoms with Gasteiger partial charge in [0.05, 0.1) is 6.61 Å². The molecule has 0 aliphatic heterocycles. The third kappa shape index (κ3) is 2.11. The van der Waals surface area contributed by atoms with Crippen LogP contribution >= 0.6 is 0 Å². The van der Waals surface area contributed by atoms with E-state index in [1.165, 1.54) is 21.8 Å². The predicted molar refractivity (Wildman–Crippen MR) is 79.3 cm³/mol. The minimum absolute atomic E-state index is 0.00390. The molecule has 0 radical (unpaired) electrons. The van der Waals surface area contributed by atoms with Crippen molar-refractivity contribution in [1.29, 1.82) is 0 Å². The molecule has 0 saturated carbocycles. The summed E-state index contributed by atoms with van der Waals surface area (Å²) < 4.78 is 7.42. The van der Waals surface area contributed by atoms with Crippen molar-refractivity contribution in [3.8, 4) is 0 Å². The van der Waals surface area contributed by atoms with Gasteiger partial charge in [0.1, 0.15) is 0 Å². The predicted octanol–water partition coefficient (Wildman–Crippen LogP) is 2.77. The Balaban J connectivity index is 2.19. The van der Waals surface area contributed by atoms with Gasteiger partial charge in [-0.3, -0.25) is 0 Å². The number of fused-ring (bicyclic) bond motifs is 3. The first-order valence-corrected chi connectivity index (χ1v) is 6.51. The van der Waals surface area contributed by atoms with Crippen molar-refractivity contribution in [2.75, 3.05) is 13.7 Å². The van der Waals surface area contributed by atoms with E-state index in [0.717, 1.165) is 6.54 Å². The third-order valence-corrected chi connectivity index (χ3v) is 3.48. The van der Waals surface area contributed by atoms with Crippen LogP contribution in [0.4, 0.5) is 0 Å². The number of aromatic nitrogens is 1. The van der Waals surface area contributed by atoms with Crippen molar-refractivity contribution in [3.05, 3.63) is 48.5 Å². The van der Waals surface area contributed by atoms with E-state index < -0.39 is 0 Å². The number of rotatable bonds is 4. The first kappa shape index (κ1) is 12.2. The Labute approximate surface area is 112 Å². The lowest BCUT2D eigenvalue weighted by atomic mass is 10.2. The third-order valence-electron chi connectivity index (χ3n) is 3.48. The Morgan fingerprint density at radius 2 is 1.53 bits per heavy atom. The van der Waals surface area contributed by atoms with Gasteiger partial charge in [0, 0.05) is 41.5 Å². The van der Waals surface area contributed by atoms with Crippen molar-refractivity contribution in [2.45, 2.75) is 12.6 Å². The largest absolute Gasteiger partial charge is 0.383 e. The maximum absolute atomic E-state index is 6.11. The standard InChI is InChI=1S/C16H18N2O/c1-19-11-12(17)10-18-15-8-4-2-6-13(15)14-7-3-5-9-16(14)18/h2-9,12H,10-11,17H2,1H3. The molecule has 3 aromatic rings.